The minimum absolute atomic E-state index is 0.0168. The third-order valence-corrected chi connectivity index (χ3v) is 3.61. The van der Waals surface area contributed by atoms with E-state index < -0.39 is 27.5 Å². The van der Waals surface area contributed by atoms with E-state index >= 15 is 0 Å². The van der Waals surface area contributed by atoms with Gasteiger partial charge in [0.05, 0.1) is 5.75 Å². The van der Waals surface area contributed by atoms with Crippen LogP contribution >= 0.6 is 0 Å². The number of sulfone groups is 1. The molecule has 6 heteroatoms. The SMILES string of the molecule is CC(NCCCS(C)(=O)=O)c1c(F)cccc1F. The fourth-order valence-corrected chi connectivity index (χ4v) is 2.35. The van der Waals surface area contributed by atoms with Crippen molar-refractivity contribution in [3.63, 3.8) is 0 Å². The van der Waals surface area contributed by atoms with Crippen molar-refractivity contribution in [2.45, 2.75) is 19.4 Å². The number of halogens is 2. The Morgan fingerprint density at radius 1 is 1.28 bits per heavy atom. The highest BCUT2D eigenvalue weighted by Crippen LogP contribution is 2.19. The van der Waals surface area contributed by atoms with Crippen LogP contribution in [0, 0.1) is 11.6 Å². The van der Waals surface area contributed by atoms with Crippen LogP contribution < -0.4 is 5.32 Å². The van der Waals surface area contributed by atoms with Crippen molar-refractivity contribution < 1.29 is 17.2 Å². The molecule has 0 aliphatic heterocycles. The largest absolute Gasteiger partial charge is 0.310 e. The molecule has 0 fully saturated rings. The van der Waals surface area contributed by atoms with Gasteiger partial charge in [0.2, 0.25) is 0 Å². The molecule has 0 saturated heterocycles. The quantitative estimate of drug-likeness (QED) is 0.810. The molecule has 1 atom stereocenters. The zero-order chi connectivity index (χ0) is 13.8. The van der Waals surface area contributed by atoms with Crippen LogP contribution in [0.4, 0.5) is 8.78 Å². The Kier molecular flexibility index (Phi) is 5.22. The first-order valence-corrected chi connectivity index (χ1v) is 7.72. The second-order valence-electron chi connectivity index (χ2n) is 4.29. The molecule has 0 saturated carbocycles. The van der Waals surface area contributed by atoms with E-state index in [0.29, 0.717) is 13.0 Å². The maximum Gasteiger partial charge on any atom is 0.147 e. The lowest BCUT2D eigenvalue weighted by atomic mass is 10.1. The summed E-state index contributed by atoms with van der Waals surface area (Å²) in [5.41, 5.74) is -0.0168. The molecule has 1 aromatic carbocycles. The predicted molar refractivity (Wildman–Crippen MR) is 67.1 cm³/mol. The minimum Gasteiger partial charge on any atom is -0.310 e. The molecule has 3 nitrogen and oxygen atoms in total. The van der Waals surface area contributed by atoms with E-state index in [1.165, 1.54) is 18.2 Å². The molecule has 1 N–H and O–H groups in total. The van der Waals surface area contributed by atoms with Crippen molar-refractivity contribution in [3.05, 3.63) is 35.4 Å². The topological polar surface area (TPSA) is 46.2 Å². The molecule has 0 amide bonds. The molecule has 18 heavy (non-hydrogen) atoms. The van der Waals surface area contributed by atoms with E-state index in [-0.39, 0.29) is 11.3 Å². The van der Waals surface area contributed by atoms with Gasteiger partial charge in [-0.05, 0) is 32.0 Å². The van der Waals surface area contributed by atoms with E-state index in [2.05, 4.69) is 5.32 Å². The van der Waals surface area contributed by atoms with Gasteiger partial charge in [0.1, 0.15) is 21.5 Å². The van der Waals surface area contributed by atoms with Gasteiger partial charge in [-0.2, -0.15) is 0 Å². The molecule has 0 spiro atoms. The maximum absolute atomic E-state index is 13.4. The lowest BCUT2D eigenvalue weighted by Crippen LogP contribution is -2.23. The van der Waals surface area contributed by atoms with E-state index in [4.69, 9.17) is 0 Å². The molecule has 102 valence electrons. The van der Waals surface area contributed by atoms with Gasteiger partial charge < -0.3 is 5.32 Å². The van der Waals surface area contributed by atoms with Crippen LogP contribution in [0.5, 0.6) is 0 Å². The molecule has 1 aromatic rings. The van der Waals surface area contributed by atoms with Crippen molar-refractivity contribution in [2.75, 3.05) is 18.6 Å². The summed E-state index contributed by atoms with van der Waals surface area (Å²) in [7, 11) is -2.99. The zero-order valence-electron chi connectivity index (χ0n) is 10.4. The van der Waals surface area contributed by atoms with Gasteiger partial charge >= 0.3 is 0 Å². The highest BCUT2D eigenvalue weighted by molar-refractivity contribution is 7.90. The monoisotopic (exact) mass is 277 g/mol. The fourth-order valence-electron chi connectivity index (χ4n) is 1.68. The Balaban J connectivity index is 2.53. The predicted octanol–water partition coefficient (Wildman–Crippen LogP) is 2.05. The molecule has 0 aliphatic rings. The molecule has 1 unspecified atom stereocenters. The molecular weight excluding hydrogens is 260 g/mol. The highest BCUT2D eigenvalue weighted by atomic mass is 32.2. The molecule has 0 aromatic heterocycles. The summed E-state index contributed by atoms with van der Waals surface area (Å²) in [5, 5.41) is 2.91. The Morgan fingerprint density at radius 2 is 1.83 bits per heavy atom. The van der Waals surface area contributed by atoms with Crippen LogP contribution in [-0.4, -0.2) is 27.0 Å². The van der Waals surface area contributed by atoms with Crippen LogP contribution in [0.15, 0.2) is 18.2 Å². The summed E-state index contributed by atoms with van der Waals surface area (Å²) in [6.45, 7) is 2.03. The molecule has 0 radical (unpaired) electrons. The summed E-state index contributed by atoms with van der Waals surface area (Å²) >= 11 is 0. The second kappa shape index (κ2) is 6.24. The zero-order valence-corrected chi connectivity index (χ0v) is 11.2. The lowest BCUT2D eigenvalue weighted by Gasteiger charge is -2.15. The van der Waals surface area contributed by atoms with Gasteiger partial charge in [-0.1, -0.05) is 6.07 Å². The van der Waals surface area contributed by atoms with Gasteiger partial charge in [0.15, 0.2) is 0 Å². The Hall–Kier alpha value is -1.01. The summed E-state index contributed by atoms with van der Waals surface area (Å²) in [5.74, 6) is -1.14. The fraction of sp³-hybridized carbons (Fsp3) is 0.500. The van der Waals surface area contributed by atoms with E-state index in [1.807, 2.05) is 0 Å². The van der Waals surface area contributed by atoms with E-state index in [1.54, 1.807) is 6.92 Å². The van der Waals surface area contributed by atoms with Crippen LogP contribution in [0.2, 0.25) is 0 Å². The van der Waals surface area contributed by atoms with Crippen LogP contribution in [0.1, 0.15) is 24.9 Å². The van der Waals surface area contributed by atoms with Crippen molar-refractivity contribution in [3.8, 4) is 0 Å². The summed E-state index contributed by atoms with van der Waals surface area (Å²) in [6.07, 6.45) is 1.58. The second-order valence-corrected chi connectivity index (χ2v) is 6.55. The minimum atomic E-state index is -2.99. The van der Waals surface area contributed by atoms with Gasteiger partial charge in [-0.15, -0.1) is 0 Å². The van der Waals surface area contributed by atoms with E-state index in [9.17, 15) is 17.2 Å². The summed E-state index contributed by atoms with van der Waals surface area (Å²) in [6, 6.07) is 3.22. The highest BCUT2D eigenvalue weighted by Gasteiger charge is 2.15. The summed E-state index contributed by atoms with van der Waals surface area (Å²) in [4.78, 5) is 0. The number of nitrogens with one attached hydrogen (secondary N) is 1. The number of rotatable bonds is 6. The normalized spacial score (nSPS) is 13.6. The Bertz CT molecular complexity index is 483. The molecule has 0 heterocycles. The van der Waals surface area contributed by atoms with Gasteiger partial charge in [0, 0.05) is 17.9 Å². The Labute approximate surface area is 106 Å². The first kappa shape index (κ1) is 15.0. The molecule has 0 aliphatic carbocycles. The number of hydrogen-bond donors (Lipinski definition) is 1. The average Bonchev–Trinajstić information content (AvgIpc) is 2.23. The third kappa shape index (κ3) is 4.70. The number of hydrogen-bond acceptors (Lipinski definition) is 3. The van der Waals surface area contributed by atoms with Crippen molar-refractivity contribution in [1.82, 2.24) is 5.32 Å². The molecule has 0 bridgehead atoms. The van der Waals surface area contributed by atoms with Crippen molar-refractivity contribution in [1.29, 1.82) is 0 Å². The van der Waals surface area contributed by atoms with Gasteiger partial charge in [-0.25, -0.2) is 17.2 Å². The van der Waals surface area contributed by atoms with Crippen LogP contribution in [-0.2, 0) is 9.84 Å². The van der Waals surface area contributed by atoms with Crippen LogP contribution in [0.3, 0.4) is 0 Å². The van der Waals surface area contributed by atoms with Crippen molar-refractivity contribution >= 4 is 9.84 Å². The average molecular weight is 277 g/mol. The maximum atomic E-state index is 13.4. The summed E-state index contributed by atoms with van der Waals surface area (Å²) < 4.78 is 48.7. The third-order valence-electron chi connectivity index (χ3n) is 2.58. The van der Waals surface area contributed by atoms with Crippen molar-refractivity contribution in [2.24, 2.45) is 0 Å². The molecule has 1 rings (SSSR count). The standard InChI is InChI=1S/C12H17F2NO2S/c1-9(15-7-4-8-18(2,16)17)12-10(13)5-3-6-11(12)14/h3,5-6,9,15H,4,7-8H2,1-2H3. The Morgan fingerprint density at radius 3 is 2.33 bits per heavy atom. The molecular formula is C12H17F2NO2S. The first-order valence-electron chi connectivity index (χ1n) is 5.66. The lowest BCUT2D eigenvalue weighted by molar-refractivity contribution is 0.487. The number of benzene rings is 1. The first-order chi connectivity index (χ1) is 8.31. The smallest absolute Gasteiger partial charge is 0.147 e. The van der Waals surface area contributed by atoms with Gasteiger partial charge in [-0.3, -0.25) is 0 Å². The van der Waals surface area contributed by atoms with Gasteiger partial charge in [0.25, 0.3) is 0 Å². The van der Waals surface area contributed by atoms with E-state index in [0.717, 1.165) is 6.26 Å². The van der Waals surface area contributed by atoms with Crippen LogP contribution in [0.25, 0.3) is 0 Å².